The molecule has 1 saturated carbocycles. The summed E-state index contributed by atoms with van der Waals surface area (Å²) in [7, 11) is 0. The minimum absolute atomic E-state index is 0.250. The van der Waals surface area contributed by atoms with Crippen molar-refractivity contribution < 1.29 is 19.4 Å². The van der Waals surface area contributed by atoms with Gasteiger partial charge in [-0.05, 0) is 19.8 Å². The number of aliphatic carboxylic acids is 1. The average Bonchev–Trinajstić information content (AvgIpc) is 2.72. The molecule has 0 radical (unpaired) electrons. The van der Waals surface area contributed by atoms with Gasteiger partial charge in [-0.15, -0.1) is 0 Å². The molecular formula is C11H20N2O4. The van der Waals surface area contributed by atoms with E-state index >= 15 is 0 Å². The fourth-order valence-corrected chi connectivity index (χ4v) is 2.03. The molecule has 0 aromatic carbocycles. The number of rotatable bonds is 6. The van der Waals surface area contributed by atoms with Gasteiger partial charge in [0.2, 0.25) is 0 Å². The normalized spacial score (nSPS) is 23.4. The fraction of sp³-hybridized carbons (Fsp3) is 0.818. The smallest absolute Gasteiger partial charge is 0.315 e. The van der Waals surface area contributed by atoms with Crippen molar-refractivity contribution in [1.29, 1.82) is 0 Å². The molecule has 0 aromatic rings. The lowest BCUT2D eigenvalue weighted by Gasteiger charge is -2.17. The van der Waals surface area contributed by atoms with Crippen molar-refractivity contribution in [3.63, 3.8) is 0 Å². The summed E-state index contributed by atoms with van der Waals surface area (Å²) in [6.07, 6.45) is 2.22. The molecule has 0 spiro atoms. The lowest BCUT2D eigenvalue weighted by atomic mass is 10.0. The van der Waals surface area contributed by atoms with Gasteiger partial charge in [0.1, 0.15) is 0 Å². The Balaban J connectivity index is 2.23. The first-order valence-corrected chi connectivity index (χ1v) is 6.00. The molecule has 0 aromatic heterocycles. The molecular weight excluding hydrogens is 224 g/mol. The third-order valence-corrected chi connectivity index (χ3v) is 2.89. The maximum absolute atomic E-state index is 11.5. The van der Waals surface area contributed by atoms with E-state index in [4.69, 9.17) is 9.84 Å². The van der Waals surface area contributed by atoms with Crippen molar-refractivity contribution >= 4 is 12.0 Å². The van der Waals surface area contributed by atoms with E-state index in [2.05, 4.69) is 10.6 Å². The molecule has 0 aliphatic heterocycles. The van der Waals surface area contributed by atoms with Gasteiger partial charge in [0.25, 0.3) is 0 Å². The number of carboxylic acids is 1. The quantitative estimate of drug-likeness (QED) is 0.596. The zero-order chi connectivity index (χ0) is 12.7. The lowest BCUT2D eigenvalue weighted by molar-refractivity contribution is -0.142. The molecule has 1 aliphatic carbocycles. The highest BCUT2D eigenvalue weighted by Crippen LogP contribution is 2.25. The summed E-state index contributed by atoms with van der Waals surface area (Å²) in [4.78, 5) is 22.4. The lowest BCUT2D eigenvalue weighted by Crippen LogP contribution is -2.46. The maximum Gasteiger partial charge on any atom is 0.315 e. The number of ether oxygens (including phenoxy) is 1. The molecule has 6 nitrogen and oxygen atoms in total. The first kappa shape index (κ1) is 13.8. The molecule has 0 bridgehead atoms. The van der Waals surface area contributed by atoms with Gasteiger partial charge in [-0.1, -0.05) is 6.42 Å². The van der Waals surface area contributed by atoms with Gasteiger partial charge < -0.3 is 20.5 Å². The summed E-state index contributed by atoms with van der Waals surface area (Å²) in [6, 6.07) is -0.567. The molecule has 1 fully saturated rings. The zero-order valence-electron chi connectivity index (χ0n) is 10.1. The van der Waals surface area contributed by atoms with Crippen LogP contribution in [0, 0.1) is 5.92 Å². The van der Waals surface area contributed by atoms with Crippen molar-refractivity contribution in [2.45, 2.75) is 32.2 Å². The van der Waals surface area contributed by atoms with Crippen molar-refractivity contribution in [3.05, 3.63) is 0 Å². The predicted octanol–water partition coefficient (Wildman–Crippen LogP) is 0.575. The van der Waals surface area contributed by atoms with Crippen molar-refractivity contribution in [1.82, 2.24) is 10.6 Å². The number of carbonyl (C=O) groups excluding carboxylic acids is 1. The number of amides is 2. The molecule has 0 saturated heterocycles. The van der Waals surface area contributed by atoms with Crippen LogP contribution in [0.2, 0.25) is 0 Å². The van der Waals surface area contributed by atoms with E-state index in [1.807, 2.05) is 6.92 Å². The van der Waals surface area contributed by atoms with Crippen molar-refractivity contribution in [2.24, 2.45) is 5.92 Å². The fourth-order valence-electron chi connectivity index (χ4n) is 2.03. The monoisotopic (exact) mass is 244 g/mol. The van der Waals surface area contributed by atoms with Gasteiger partial charge in [-0.25, -0.2) is 4.79 Å². The van der Waals surface area contributed by atoms with Crippen LogP contribution in [0.4, 0.5) is 4.79 Å². The molecule has 2 unspecified atom stereocenters. The maximum atomic E-state index is 11.5. The Labute approximate surface area is 101 Å². The Morgan fingerprint density at radius 2 is 2.18 bits per heavy atom. The molecule has 6 heteroatoms. The van der Waals surface area contributed by atoms with Crippen LogP contribution < -0.4 is 10.6 Å². The third-order valence-electron chi connectivity index (χ3n) is 2.89. The van der Waals surface area contributed by atoms with Crippen molar-refractivity contribution in [2.75, 3.05) is 19.8 Å². The van der Waals surface area contributed by atoms with Gasteiger partial charge in [0.15, 0.2) is 0 Å². The van der Waals surface area contributed by atoms with Crippen LogP contribution in [0.1, 0.15) is 26.2 Å². The summed E-state index contributed by atoms with van der Waals surface area (Å²) < 4.78 is 5.08. The molecule has 1 aliphatic rings. The molecule has 98 valence electrons. The van der Waals surface area contributed by atoms with Crippen LogP contribution >= 0.6 is 0 Å². The Hall–Kier alpha value is -1.30. The van der Waals surface area contributed by atoms with Gasteiger partial charge in [-0.3, -0.25) is 4.79 Å². The van der Waals surface area contributed by atoms with Gasteiger partial charge >= 0.3 is 12.0 Å². The Morgan fingerprint density at radius 1 is 1.41 bits per heavy atom. The number of carboxylic acid groups (broad SMARTS) is 1. The molecule has 2 atom stereocenters. The molecule has 17 heavy (non-hydrogen) atoms. The summed E-state index contributed by atoms with van der Waals surface area (Å²) in [5, 5.41) is 14.3. The Kier molecular flexibility index (Phi) is 5.76. The van der Waals surface area contributed by atoms with Crippen LogP contribution in [-0.4, -0.2) is 42.9 Å². The van der Waals surface area contributed by atoms with E-state index in [0.29, 0.717) is 26.2 Å². The Morgan fingerprint density at radius 3 is 2.82 bits per heavy atom. The number of urea groups is 1. The van der Waals surface area contributed by atoms with Crippen LogP contribution in [0.15, 0.2) is 0 Å². The van der Waals surface area contributed by atoms with E-state index in [1.54, 1.807) is 0 Å². The number of nitrogens with one attached hydrogen (secondary N) is 2. The Bertz CT molecular complexity index is 270. The minimum atomic E-state index is -0.831. The van der Waals surface area contributed by atoms with E-state index in [0.717, 1.165) is 12.8 Å². The second kappa shape index (κ2) is 7.11. The molecule has 0 heterocycles. The summed E-state index contributed by atoms with van der Waals surface area (Å²) in [6.45, 7) is 3.41. The zero-order valence-corrected chi connectivity index (χ0v) is 10.1. The topological polar surface area (TPSA) is 87.7 Å². The second-order valence-electron chi connectivity index (χ2n) is 4.08. The molecule has 3 N–H and O–H groups in total. The van der Waals surface area contributed by atoms with Gasteiger partial charge in [0.05, 0.1) is 12.5 Å². The predicted molar refractivity (Wildman–Crippen MR) is 61.8 cm³/mol. The third kappa shape index (κ3) is 4.60. The first-order chi connectivity index (χ1) is 8.15. The van der Waals surface area contributed by atoms with Gasteiger partial charge in [-0.2, -0.15) is 0 Å². The standard InChI is InChI=1S/C11H20N2O4/c1-2-17-7-6-12-11(16)13-9-5-3-4-8(9)10(14)15/h8-9H,2-7H2,1H3,(H,14,15)(H2,12,13,16). The van der Waals surface area contributed by atoms with E-state index < -0.39 is 11.9 Å². The first-order valence-electron chi connectivity index (χ1n) is 6.00. The number of hydrogen-bond acceptors (Lipinski definition) is 3. The van der Waals surface area contributed by atoms with Crippen molar-refractivity contribution in [3.8, 4) is 0 Å². The van der Waals surface area contributed by atoms with Crippen LogP contribution in [0.25, 0.3) is 0 Å². The van der Waals surface area contributed by atoms with Crippen LogP contribution in [-0.2, 0) is 9.53 Å². The highest BCUT2D eigenvalue weighted by Gasteiger charge is 2.33. The molecule has 1 rings (SSSR count). The minimum Gasteiger partial charge on any atom is -0.481 e. The molecule has 2 amide bonds. The summed E-state index contributed by atoms with van der Waals surface area (Å²) >= 11 is 0. The summed E-state index contributed by atoms with van der Waals surface area (Å²) in [5.41, 5.74) is 0. The van der Waals surface area contributed by atoms with Crippen LogP contribution in [0.5, 0.6) is 0 Å². The summed E-state index contributed by atoms with van der Waals surface area (Å²) in [5.74, 6) is -1.28. The number of hydrogen-bond donors (Lipinski definition) is 3. The second-order valence-corrected chi connectivity index (χ2v) is 4.08. The van der Waals surface area contributed by atoms with E-state index in [1.165, 1.54) is 0 Å². The van der Waals surface area contributed by atoms with Gasteiger partial charge in [0, 0.05) is 19.2 Å². The van der Waals surface area contributed by atoms with E-state index in [9.17, 15) is 9.59 Å². The largest absolute Gasteiger partial charge is 0.481 e. The highest BCUT2D eigenvalue weighted by molar-refractivity contribution is 5.76. The van der Waals surface area contributed by atoms with Crippen LogP contribution in [0.3, 0.4) is 0 Å². The number of carbonyl (C=O) groups is 2. The highest BCUT2D eigenvalue weighted by atomic mass is 16.5. The van der Waals surface area contributed by atoms with E-state index in [-0.39, 0.29) is 12.1 Å². The SMILES string of the molecule is CCOCCNC(=O)NC1CCCC1C(=O)O. The average molecular weight is 244 g/mol.